The van der Waals surface area contributed by atoms with Gasteiger partial charge in [0.25, 0.3) is 5.91 Å². The van der Waals surface area contributed by atoms with E-state index in [4.69, 9.17) is 0 Å². The second-order valence-electron chi connectivity index (χ2n) is 8.00. The summed E-state index contributed by atoms with van der Waals surface area (Å²) in [6.07, 6.45) is 6.84. The first-order valence-corrected chi connectivity index (χ1v) is 11.7. The molecule has 4 nitrogen and oxygen atoms in total. The summed E-state index contributed by atoms with van der Waals surface area (Å²) in [5, 5.41) is 5.17. The zero-order valence-corrected chi connectivity index (χ0v) is 17.8. The number of piperazine rings is 1. The first kappa shape index (κ1) is 20.4. The van der Waals surface area contributed by atoms with E-state index in [-0.39, 0.29) is 11.7 Å². The van der Waals surface area contributed by atoms with Gasteiger partial charge >= 0.3 is 0 Å². The average Bonchev–Trinajstić information content (AvgIpc) is 3.00. The van der Waals surface area contributed by atoms with E-state index in [0.29, 0.717) is 12.2 Å². The van der Waals surface area contributed by atoms with Crippen LogP contribution in [0.2, 0.25) is 0 Å². The molecule has 1 aliphatic carbocycles. The predicted molar refractivity (Wildman–Crippen MR) is 118 cm³/mol. The number of carbonyl (C=O) groups excluding carboxylic acids is 1. The van der Waals surface area contributed by atoms with Crippen LogP contribution in [0.5, 0.6) is 0 Å². The molecule has 2 aliphatic rings. The molecule has 1 aromatic carbocycles. The molecule has 0 spiro atoms. The van der Waals surface area contributed by atoms with E-state index in [1.54, 1.807) is 17.4 Å². The number of anilines is 1. The van der Waals surface area contributed by atoms with Crippen molar-refractivity contribution >= 4 is 22.9 Å². The largest absolute Gasteiger partial charge is 0.367 e. The van der Waals surface area contributed by atoms with Crippen LogP contribution in [0.25, 0.3) is 0 Å². The van der Waals surface area contributed by atoms with Crippen molar-refractivity contribution in [1.29, 1.82) is 0 Å². The lowest BCUT2D eigenvalue weighted by Gasteiger charge is -2.36. The lowest BCUT2D eigenvalue weighted by molar-refractivity contribution is 0.0951. The minimum absolute atomic E-state index is 0.0915. The third-order valence-electron chi connectivity index (χ3n) is 6.06. The Morgan fingerprint density at radius 1 is 1.07 bits per heavy atom. The molecule has 29 heavy (non-hydrogen) atoms. The van der Waals surface area contributed by atoms with Crippen LogP contribution >= 0.6 is 11.3 Å². The van der Waals surface area contributed by atoms with Crippen LogP contribution in [0.3, 0.4) is 0 Å². The Morgan fingerprint density at radius 2 is 1.86 bits per heavy atom. The molecule has 156 valence electrons. The molecule has 4 rings (SSSR count). The van der Waals surface area contributed by atoms with Crippen molar-refractivity contribution in [3.05, 3.63) is 51.5 Å². The highest BCUT2D eigenvalue weighted by atomic mass is 32.1. The van der Waals surface area contributed by atoms with Crippen molar-refractivity contribution < 1.29 is 9.18 Å². The summed E-state index contributed by atoms with van der Waals surface area (Å²) in [4.78, 5) is 18.6. The van der Waals surface area contributed by atoms with Crippen LogP contribution in [0.15, 0.2) is 29.6 Å². The number of para-hydroxylation sites is 1. The number of rotatable bonds is 6. The number of aryl methyl sites for hydroxylation is 1. The predicted octanol–water partition coefficient (Wildman–Crippen LogP) is 4.10. The molecule has 1 aliphatic heterocycles. The van der Waals surface area contributed by atoms with E-state index >= 15 is 0 Å². The average molecular weight is 416 g/mol. The Labute approximate surface area is 176 Å². The molecular formula is C23H30FN3OS. The van der Waals surface area contributed by atoms with E-state index in [9.17, 15) is 9.18 Å². The number of nitrogens with one attached hydrogen (secondary N) is 1. The molecule has 0 atom stereocenters. The van der Waals surface area contributed by atoms with Gasteiger partial charge in [0.1, 0.15) is 5.82 Å². The summed E-state index contributed by atoms with van der Waals surface area (Å²) >= 11 is 1.75. The van der Waals surface area contributed by atoms with Gasteiger partial charge in [0.05, 0.1) is 11.3 Å². The van der Waals surface area contributed by atoms with Gasteiger partial charge in [-0.3, -0.25) is 9.69 Å². The number of nitrogens with zero attached hydrogens (tertiary/aromatic N) is 2. The summed E-state index contributed by atoms with van der Waals surface area (Å²) in [5.41, 5.74) is 2.91. The summed E-state index contributed by atoms with van der Waals surface area (Å²) < 4.78 is 13.9. The third-order valence-corrected chi connectivity index (χ3v) is 7.15. The molecule has 1 amide bonds. The van der Waals surface area contributed by atoms with Gasteiger partial charge in [-0.2, -0.15) is 0 Å². The molecule has 0 saturated carbocycles. The van der Waals surface area contributed by atoms with E-state index in [1.165, 1.54) is 35.8 Å². The molecule has 0 unspecified atom stereocenters. The fraction of sp³-hybridized carbons (Fsp3) is 0.522. The fourth-order valence-electron chi connectivity index (χ4n) is 4.38. The Kier molecular flexibility index (Phi) is 6.82. The second-order valence-corrected chi connectivity index (χ2v) is 8.97. The molecule has 2 aromatic rings. The Morgan fingerprint density at radius 3 is 2.69 bits per heavy atom. The molecule has 0 radical (unpaired) electrons. The van der Waals surface area contributed by atoms with Gasteiger partial charge in [-0.25, -0.2) is 4.39 Å². The zero-order valence-electron chi connectivity index (χ0n) is 17.0. The van der Waals surface area contributed by atoms with Gasteiger partial charge in [-0.1, -0.05) is 18.6 Å². The van der Waals surface area contributed by atoms with Crippen LogP contribution in [-0.4, -0.2) is 50.1 Å². The highest BCUT2D eigenvalue weighted by molar-refractivity contribution is 7.10. The molecular weight excluding hydrogens is 385 g/mol. The van der Waals surface area contributed by atoms with Crippen molar-refractivity contribution in [3.8, 4) is 0 Å². The number of benzene rings is 1. The number of hydrogen-bond acceptors (Lipinski definition) is 4. The molecule has 6 heteroatoms. The molecule has 1 aromatic heterocycles. The van der Waals surface area contributed by atoms with Crippen molar-refractivity contribution in [3.63, 3.8) is 0 Å². The number of carbonyl (C=O) groups is 1. The van der Waals surface area contributed by atoms with Crippen molar-refractivity contribution in [2.75, 3.05) is 44.2 Å². The second kappa shape index (κ2) is 9.72. The highest BCUT2D eigenvalue weighted by Gasteiger charge is 2.20. The number of amides is 1. The minimum atomic E-state index is -0.144. The first-order valence-electron chi connectivity index (χ1n) is 10.8. The van der Waals surface area contributed by atoms with Crippen molar-refractivity contribution in [1.82, 2.24) is 10.2 Å². The van der Waals surface area contributed by atoms with Gasteiger partial charge < -0.3 is 10.2 Å². The Hall–Kier alpha value is -1.92. The van der Waals surface area contributed by atoms with Crippen LogP contribution < -0.4 is 10.2 Å². The van der Waals surface area contributed by atoms with Gasteiger partial charge in [0.2, 0.25) is 0 Å². The SMILES string of the molecule is O=C(NCCCN1CCN(c2ccccc2F)CC1)c1csc2c1CCCCC2. The van der Waals surface area contributed by atoms with Gasteiger partial charge in [-0.15, -0.1) is 11.3 Å². The summed E-state index contributed by atoms with van der Waals surface area (Å²) in [6.45, 7) is 5.22. The number of fused-ring (bicyclic) bond motifs is 1. The van der Waals surface area contributed by atoms with Gasteiger partial charge in [0.15, 0.2) is 0 Å². The fourth-order valence-corrected chi connectivity index (χ4v) is 5.51. The Balaban J connectivity index is 1.19. The highest BCUT2D eigenvalue weighted by Crippen LogP contribution is 2.29. The molecule has 0 bridgehead atoms. The minimum Gasteiger partial charge on any atom is -0.367 e. The maximum Gasteiger partial charge on any atom is 0.252 e. The summed E-state index contributed by atoms with van der Waals surface area (Å²) in [6, 6.07) is 7.00. The molecule has 1 saturated heterocycles. The van der Waals surface area contributed by atoms with Crippen molar-refractivity contribution in [2.24, 2.45) is 0 Å². The number of hydrogen-bond donors (Lipinski definition) is 1. The lowest BCUT2D eigenvalue weighted by Crippen LogP contribution is -2.47. The molecule has 1 N–H and O–H groups in total. The topological polar surface area (TPSA) is 35.6 Å². The number of halogens is 1. The zero-order chi connectivity index (χ0) is 20.1. The maximum atomic E-state index is 13.9. The monoisotopic (exact) mass is 415 g/mol. The Bertz CT molecular complexity index is 829. The molecule has 2 heterocycles. The summed E-state index contributed by atoms with van der Waals surface area (Å²) in [5.74, 6) is -0.0521. The van der Waals surface area contributed by atoms with Crippen LogP contribution in [0.4, 0.5) is 10.1 Å². The summed E-state index contributed by atoms with van der Waals surface area (Å²) in [7, 11) is 0. The van der Waals surface area contributed by atoms with Gasteiger partial charge in [0, 0.05) is 43.0 Å². The first-order chi connectivity index (χ1) is 14.2. The number of thiophene rings is 1. The van der Waals surface area contributed by atoms with Crippen LogP contribution in [-0.2, 0) is 12.8 Å². The van der Waals surface area contributed by atoms with E-state index < -0.39 is 0 Å². The quantitative estimate of drug-likeness (QED) is 0.570. The smallest absolute Gasteiger partial charge is 0.252 e. The van der Waals surface area contributed by atoms with Crippen molar-refractivity contribution in [2.45, 2.75) is 38.5 Å². The van der Waals surface area contributed by atoms with E-state index in [0.717, 1.165) is 57.5 Å². The van der Waals surface area contributed by atoms with Crippen LogP contribution in [0, 0.1) is 5.82 Å². The third kappa shape index (κ3) is 4.98. The van der Waals surface area contributed by atoms with E-state index in [1.807, 2.05) is 17.5 Å². The van der Waals surface area contributed by atoms with Crippen LogP contribution in [0.1, 0.15) is 46.5 Å². The standard InChI is InChI=1S/C23H30FN3OS/c24-20-8-4-5-9-21(20)27-15-13-26(14-16-27)12-6-11-25-23(28)19-17-29-22-10-3-1-2-7-18(19)22/h4-5,8-9,17H,1-3,6-7,10-16H2,(H,25,28). The van der Waals surface area contributed by atoms with Gasteiger partial charge in [-0.05, 0) is 56.3 Å². The molecule has 1 fully saturated rings. The lowest BCUT2D eigenvalue weighted by atomic mass is 10.1. The maximum absolute atomic E-state index is 13.9. The van der Waals surface area contributed by atoms with E-state index in [2.05, 4.69) is 15.1 Å². The normalized spacial score (nSPS) is 17.6.